The second kappa shape index (κ2) is 4.91. The van der Waals surface area contributed by atoms with E-state index in [1.165, 1.54) is 0 Å². The van der Waals surface area contributed by atoms with E-state index in [1.54, 1.807) is 4.90 Å². The van der Waals surface area contributed by atoms with Gasteiger partial charge in [0, 0.05) is 13.1 Å². The maximum atomic E-state index is 10.9. The highest BCUT2D eigenvalue weighted by molar-refractivity contribution is 5.77. The largest absolute Gasteiger partial charge is 0.387 e. The number of carbonyl (C=O) groups excluding carboxylic acids is 1. The Balaban J connectivity index is 3.94. The lowest BCUT2D eigenvalue weighted by atomic mass is 10.3. The third-order valence-corrected chi connectivity index (χ3v) is 1.33. The van der Waals surface area contributed by atoms with E-state index in [2.05, 4.69) is 6.58 Å². The number of likely N-dealkylation sites (N-methyl/N-ethyl adjacent to an activating group) is 1. The smallest absolute Gasteiger partial charge is 0.248 e. The lowest BCUT2D eigenvalue weighted by Gasteiger charge is -2.19. The van der Waals surface area contributed by atoms with Crippen molar-refractivity contribution in [1.82, 2.24) is 4.90 Å². The van der Waals surface area contributed by atoms with Crippen LogP contribution in [0.2, 0.25) is 0 Å². The van der Waals surface area contributed by atoms with Crippen molar-refractivity contribution in [3.05, 3.63) is 12.2 Å². The van der Waals surface area contributed by atoms with Gasteiger partial charge < -0.3 is 10.0 Å². The van der Waals surface area contributed by atoms with Crippen molar-refractivity contribution in [3.63, 3.8) is 0 Å². The van der Waals surface area contributed by atoms with Crippen LogP contribution in [0.25, 0.3) is 0 Å². The Bertz CT molecular complexity index is 154. The van der Waals surface area contributed by atoms with E-state index in [9.17, 15) is 4.79 Å². The summed E-state index contributed by atoms with van der Waals surface area (Å²) in [6.45, 7) is 8.15. The summed E-state index contributed by atoms with van der Waals surface area (Å²) in [4.78, 5) is 12.5. The average Bonchev–Trinajstić information content (AvgIpc) is 1.98. The van der Waals surface area contributed by atoms with Crippen molar-refractivity contribution in [3.8, 4) is 0 Å². The Morgan fingerprint density at radius 1 is 1.64 bits per heavy atom. The fourth-order valence-electron chi connectivity index (χ4n) is 0.802. The summed E-state index contributed by atoms with van der Waals surface area (Å²) >= 11 is 0. The monoisotopic (exact) mass is 157 g/mol. The lowest BCUT2D eigenvalue weighted by molar-refractivity contribution is -0.133. The molecule has 0 saturated heterocycles. The van der Waals surface area contributed by atoms with E-state index in [4.69, 9.17) is 5.11 Å². The van der Waals surface area contributed by atoms with Gasteiger partial charge in [-0.2, -0.15) is 0 Å². The van der Waals surface area contributed by atoms with E-state index in [-0.39, 0.29) is 5.91 Å². The number of rotatable bonds is 4. The second-order valence-corrected chi connectivity index (χ2v) is 2.52. The Labute approximate surface area is 67.3 Å². The Morgan fingerprint density at radius 3 is 2.45 bits per heavy atom. The first-order valence-electron chi connectivity index (χ1n) is 3.64. The number of amides is 1. The van der Waals surface area contributed by atoms with Gasteiger partial charge in [0.1, 0.15) is 6.61 Å². The molecule has 3 heteroatoms. The van der Waals surface area contributed by atoms with Gasteiger partial charge in [0.2, 0.25) is 5.91 Å². The normalized spacial score (nSPS) is 9.36. The molecule has 3 nitrogen and oxygen atoms in total. The fraction of sp³-hybridized carbons (Fsp3) is 0.625. The van der Waals surface area contributed by atoms with Crippen LogP contribution in [0, 0.1) is 0 Å². The summed E-state index contributed by atoms with van der Waals surface area (Å²) in [6.07, 6.45) is 0. The topological polar surface area (TPSA) is 40.5 Å². The van der Waals surface area contributed by atoms with E-state index in [1.807, 2.05) is 13.8 Å². The van der Waals surface area contributed by atoms with E-state index in [0.29, 0.717) is 13.1 Å². The molecule has 0 unspecified atom stereocenters. The molecular formula is C8H15NO2. The molecule has 0 aliphatic carbocycles. The highest BCUT2D eigenvalue weighted by atomic mass is 16.3. The molecule has 0 aromatic carbocycles. The van der Waals surface area contributed by atoms with Gasteiger partial charge in [-0.1, -0.05) is 12.2 Å². The summed E-state index contributed by atoms with van der Waals surface area (Å²) in [7, 11) is 0. The van der Waals surface area contributed by atoms with Gasteiger partial charge in [-0.15, -0.1) is 0 Å². The Morgan fingerprint density at radius 2 is 2.18 bits per heavy atom. The molecule has 0 radical (unpaired) electrons. The highest BCUT2D eigenvalue weighted by Gasteiger charge is 2.08. The van der Waals surface area contributed by atoms with E-state index >= 15 is 0 Å². The van der Waals surface area contributed by atoms with Crippen LogP contribution < -0.4 is 0 Å². The molecule has 1 amide bonds. The van der Waals surface area contributed by atoms with Crippen LogP contribution in [0.3, 0.4) is 0 Å². The average molecular weight is 157 g/mol. The molecule has 0 fully saturated rings. The van der Waals surface area contributed by atoms with Gasteiger partial charge >= 0.3 is 0 Å². The Hall–Kier alpha value is -0.830. The van der Waals surface area contributed by atoms with E-state index in [0.717, 1.165) is 5.57 Å². The molecule has 0 rings (SSSR count). The first kappa shape index (κ1) is 10.2. The first-order valence-corrected chi connectivity index (χ1v) is 3.64. The van der Waals surface area contributed by atoms with Gasteiger partial charge in [-0.25, -0.2) is 0 Å². The minimum Gasteiger partial charge on any atom is -0.387 e. The highest BCUT2D eigenvalue weighted by Crippen LogP contribution is 1.95. The zero-order valence-electron chi connectivity index (χ0n) is 7.13. The molecular weight excluding hydrogens is 142 g/mol. The first-order chi connectivity index (χ1) is 5.11. The van der Waals surface area contributed by atoms with Crippen LogP contribution in [0.5, 0.6) is 0 Å². The van der Waals surface area contributed by atoms with Crippen LogP contribution in [0.4, 0.5) is 0 Å². The zero-order valence-corrected chi connectivity index (χ0v) is 7.13. The molecule has 0 bridgehead atoms. The van der Waals surface area contributed by atoms with Crippen molar-refractivity contribution >= 4 is 5.91 Å². The predicted octanol–water partition coefficient (Wildman–Crippen LogP) is 0.403. The lowest BCUT2D eigenvalue weighted by Crippen LogP contribution is -2.34. The molecule has 1 N–H and O–H groups in total. The molecule has 0 aliphatic heterocycles. The number of carbonyl (C=O) groups is 1. The summed E-state index contributed by atoms with van der Waals surface area (Å²) < 4.78 is 0. The van der Waals surface area contributed by atoms with Gasteiger partial charge in [-0.05, 0) is 13.8 Å². The van der Waals surface area contributed by atoms with Gasteiger partial charge in [0.05, 0.1) is 0 Å². The molecule has 0 atom stereocenters. The van der Waals surface area contributed by atoms with Crippen molar-refractivity contribution in [1.29, 1.82) is 0 Å². The number of hydrogen-bond donors (Lipinski definition) is 1. The molecule has 0 aromatic rings. The van der Waals surface area contributed by atoms with E-state index < -0.39 is 6.61 Å². The standard InChI is InChI=1S/C8H15NO2/c1-4-9(5-7(2)3)8(11)6-10/h10H,2,4-6H2,1,3H3. The SMILES string of the molecule is C=C(C)CN(CC)C(=O)CO. The molecule has 0 aromatic heterocycles. The van der Waals surface area contributed by atoms with Gasteiger partial charge in [0.15, 0.2) is 0 Å². The summed E-state index contributed by atoms with van der Waals surface area (Å²) in [5.74, 6) is -0.240. The zero-order chi connectivity index (χ0) is 8.85. The van der Waals surface area contributed by atoms with Gasteiger partial charge in [0.25, 0.3) is 0 Å². The van der Waals surface area contributed by atoms with Crippen LogP contribution in [0.1, 0.15) is 13.8 Å². The number of nitrogens with zero attached hydrogens (tertiary/aromatic N) is 1. The number of aliphatic hydroxyl groups excluding tert-OH is 1. The number of hydrogen-bond acceptors (Lipinski definition) is 2. The van der Waals surface area contributed by atoms with Crippen molar-refractivity contribution in [2.24, 2.45) is 0 Å². The number of aliphatic hydroxyl groups is 1. The molecule has 11 heavy (non-hydrogen) atoms. The summed E-state index contributed by atoms with van der Waals surface area (Å²) in [5.41, 5.74) is 0.925. The maximum absolute atomic E-state index is 10.9. The molecule has 64 valence electrons. The van der Waals surface area contributed by atoms with Crippen molar-refractivity contribution in [2.45, 2.75) is 13.8 Å². The van der Waals surface area contributed by atoms with Crippen LogP contribution >= 0.6 is 0 Å². The van der Waals surface area contributed by atoms with Crippen molar-refractivity contribution < 1.29 is 9.90 Å². The quantitative estimate of drug-likeness (QED) is 0.600. The predicted molar refractivity (Wildman–Crippen MR) is 44.2 cm³/mol. The third kappa shape index (κ3) is 3.78. The summed E-state index contributed by atoms with van der Waals surface area (Å²) in [6, 6.07) is 0. The fourth-order valence-corrected chi connectivity index (χ4v) is 0.802. The molecule has 0 heterocycles. The molecule has 0 spiro atoms. The maximum Gasteiger partial charge on any atom is 0.248 e. The second-order valence-electron chi connectivity index (χ2n) is 2.52. The summed E-state index contributed by atoms with van der Waals surface area (Å²) in [5, 5.41) is 8.53. The molecule has 0 aliphatic rings. The molecule has 0 saturated carbocycles. The van der Waals surface area contributed by atoms with Gasteiger partial charge in [-0.3, -0.25) is 4.79 Å². The van der Waals surface area contributed by atoms with Crippen molar-refractivity contribution in [2.75, 3.05) is 19.7 Å². The Kier molecular flexibility index (Phi) is 4.54. The van der Waals surface area contributed by atoms with Crippen LogP contribution in [-0.4, -0.2) is 35.6 Å². The van der Waals surface area contributed by atoms with Crippen LogP contribution in [0.15, 0.2) is 12.2 Å². The van der Waals surface area contributed by atoms with Crippen LogP contribution in [-0.2, 0) is 4.79 Å². The minimum atomic E-state index is -0.416. The minimum absolute atomic E-state index is 0.240. The third-order valence-electron chi connectivity index (χ3n) is 1.33.